The normalized spacial score (nSPS) is 11.9. The lowest BCUT2D eigenvalue weighted by molar-refractivity contribution is -0.141. The molecule has 1 amide bonds. The van der Waals surface area contributed by atoms with Crippen molar-refractivity contribution in [1.82, 2.24) is 15.1 Å². The third-order valence-electron chi connectivity index (χ3n) is 3.62. The predicted octanol–water partition coefficient (Wildman–Crippen LogP) is 1.41. The summed E-state index contributed by atoms with van der Waals surface area (Å²) in [5.74, 6) is -1.67. The number of aliphatic carboxylic acids is 1. The predicted molar refractivity (Wildman–Crippen MR) is 85.8 cm³/mol. The number of rotatable bonds is 8. The van der Waals surface area contributed by atoms with E-state index in [1.807, 2.05) is 43.6 Å². The Balaban J connectivity index is 1.79. The molecule has 23 heavy (non-hydrogen) atoms. The second-order valence-corrected chi connectivity index (χ2v) is 5.55. The number of aryl methyl sites for hydroxylation is 2. The van der Waals surface area contributed by atoms with Crippen LogP contribution in [0, 0.1) is 5.92 Å². The first kappa shape index (κ1) is 16.7. The number of benzene rings is 1. The highest BCUT2D eigenvalue weighted by atomic mass is 16.4. The number of nitrogens with one attached hydrogen (secondary N) is 1. The molecule has 0 aliphatic carbocycles. The fourth-order valence-electron chi connectivity index (χ4n) is 2.33. The van der Waals surface area contributed by atoms with Gasteiger partial charge in [-0.15, -0.1) is 0 Å². The van der Waals surface area contributed by atoms with E-state index in [0.717, 1.165) is 11.1 Å². The van der Waals surface area contributed by atoms with Crippen LogP contribution in [-0.2, 0) is 29.5 Å². The molecule has 1 aromatic carbocycles. The number of carbonyl (C=O) groups excluding carboxylic acids is 1. The Morgan fingerprint density at radius 3 is 2.61 bits per heavy atom. The molecule has 6 nitrogen and oxygen atoms in total. The third-order valence-corrected chi connectivity index (χ3v) is 3.62. The van der Waals surface area contributed by atoms with Crippen LogP contribution in [0.1, 0.15) is 17.5 Å². The average molecular weight is 315 g/mol. The average Bonchev–Trinajstić information content (AvgIpc) is 2.95. The first-order valence-electron chi connectivity index (χ1n) is 7.55. The first-order chi connectivity index (χ1) is 11.0. The molecule has 0 spiro atoms. The Bertz CT molecular complexity index is 652. The van der Waals surface area contributed by atoms with Crippen molar-refractivity contribution in [3.05, 3.63) is 53.9 Å². The smallest absolute Gasteiger partial charge is 0.308 e. The van der Waals surface area contributed by atoms with Crippen LogP contribution in [-0.4, -0.2) is 33.3 Å². The maximum atomic E-state index is 11.9. The molecule has 0 aliphatic heterocycles. The molecule has 0 aliphatic rings. The number of aromatic nitrogens is 2. The number of carboxylic acid groups (broad SMARTS) is 1. The van der Waals surface area contributed by atoms with Gasteiger partial charge in [0.25, 0.3) is 0 Å². The SMILES string of the molecule is Cn1cc(CCC(=O)NCC(Cc2ccccc2)C(=O)O)cn1. The minimum atomic E-state index is -0.901. The molecule has 2 N–H and O–H groups in total. The third kappa shape index (κ3) is 5.58. The molecule has 0 saturated carbocycles. The van der Waals surface area contributed by atoms with Crippen LogP contribution in [0.15, 0.2) is 42.7 Å². The molecule has 1 atom stereocenters. The van der Waals surface area contributed by atoms with Crippen LogP contribution >= 0.6 is 0 Å². The molecule has 2 rings (SSSR count). The van der Waals surface area contributed by atoms with Gasteiger partial charge in [-0.1, -0.05) is 30.3 Å². The Morgan fingerprint density at radius 1 is 1.26 bits per heavy atom. The van der Waals surface area contributed by atoms with Crippen LogP contribution in [0.4, 0.5) is 0 Å². The fraction of sp³-hybridized carbons (Fsp3) is 0.353. The number of carbonyl (C=O) groups is 2. The summed E-state index contributed by atoms with van der Waals surface area (Å²) in [4.78, 5) is 23.2. The van der Waals surface area contributed by atoms with Gasteiger partial charge in [0.15, 0.2) is 0 Å². The Morgan fingerprint density at radius 2 is 2.00 bits per heavy atom. The van der Waals surface area contributed by atoms with Crippen molar-refractivity contribution in [2.45, 2.75) is 19.3 Å². The van der Waals surface area contributed by atoms with Crippen LogP contribution in [0.3, 0.4) is 0 Å². The van der Waals surface area contributed by atoms with E-state index in [4.69, 9.17) is 0 Å². The van der Waals surface area contributed by atoms with Crippen molar-refractivity contribution in [2.75, 3.05) is 6.54 Å². The molecule has 1 heterocycles. The quantitative estimate of drug-likeness (QED) is 0.771. The van der Waals surface area contributed by atoms with E-state index >= 15 is 0 Å². The van der Waals surface area contributed by atoms with Gasteiger partial charge in [0, 0.05) is 26.2 Å². The van der Waals surface area contributed by atoms with E-state index in [0.29, 0.717) is 19.3 Å². The lowest BCUT2D eigenvalue weighted by Gasteiger charge is -2.13. The summed E-state index contributed by atoms with van der Waals surface area (Å²) < 4.78 is 1.69. The second kappa shape index (κ2) is 8.12. The number of hydrogen-bond acceptors (Lipinski definition) is 3. The number of hydrogen-bond donors (Lipinski definition) is 2. The number of nitrogens with zero attached hydrogens (tertiary/aromatic N) is 2. The standard InChI is InChI=1S/C17H21N3O3/c1-20-12-14(10-19-20)7-8-16(21)18-11-15(17(22)23)9-13-5-3-2-4-6-13/h2-6,10,12,15H,7-9,11H2,1H3,(H,18,21)(H,22,23). The minimum Gasteiger partial charge on any atom is -0.481 e. The Hall–Kier alpha value is -2.63. The molecule has 6 heteroatoms. The van der Waals surface area contributed by atoms with Crippen LogP contribution in [0.2, 0.25) is 0 Å². The lowest BCUT2D eigenvalue weighted by Crippen LogP contribution is -2.34. The van der Waals surface area contributed by atoms with Gasteiger partial charge >= 0.3 is 5.97 Å². The molecule has 0 radical (unpaired) electrons. The summed E-state index contributed by atoms with van der Waals surface area (Å²) >= 11 is 0. The number of carboxylic acids is 1. The summed E-state index contributed by atoms with van der Waals surface area (Å²) in [5, 5.41) is 16.1. The van der Waals surface area contributed by atoms with E-state index < -0.39 is 11.9 Å². The summed E-state index contributed by atoms with van der Waals surface area (Å²) in [7, 11) is 1.82. The van der Waals surface area contributed by atoms with Crippen LogP contribution in [0.5, 0.6) is 0 Å². The molecular formula is C17H21N3O3. The summed E-state index contributed by atoms with van der Waals surface area (Å²) in [6.07, 6.45) is 4.91. The van der Waals surface area contributed by atoms with Gasteiger partial charge in [-0.05, 0) is 24.0 Å². The molecule has 2 aromatic rings. The Kier molecular flexibility index (Phi) is 5.91. The van der Waals surface area contributed by atoms with E-state index in [1.54, 1.807) is 10.9 Å². The highest BCUT2D eigenvalue weighted by Crippen LogP contribution is 2.09. The lowest BCUT2D eigenvalue weighted by atomic mass is 9.99. The van der Waals surface area contributed by atoms with Gasteiger partial charge in [-0.2, -0.15) is 5.10 Å². The molecule has 0 fully saturated rings. The maximum Gasteiger partial charge on any atom is 0.308 e. The summed E-state index contributed by atoms with van der Waals surface area (Å²) in [6, 6.07) is 9.42. The van der Waals surface area contributed by atoms with Gasteiger partial charge < -0.3 is 10.4 Å². The van der Waals surface area contributed by atoms with Crippen molar-refractivity contribution in [3.63, 3.8) is 0 Å². The van der Waals surface area contributed by atoms with Crippen molar-refractivity contribution in [1.29, 1.82) is 0 Å². The zero-order valence-electron chi connectivity index (χ0n) is 13.1. The number of amides is 1. The van der Waals surface area contributed by atoms with Crippen molar-refractivity contribution >= 4 is 11.9 Å². The van der Waals surface area contributed by atoms with Gasteiger partial charge in [0.2, 0.25) is 5.91 Å². The molecule has 0 saturated heterocycles. The topological polar surface area (TPSA) is 84.2 Å². The molecule has 1 unspecified atom stereocenters. The minimum absolute atomic E-state index is 0.135. The van der Waals surface area contributed by atoms with E-state index in [9.17, 15) is 14.7 Å². The van der Waals surface area contributed by atoms with Crippen molar-refractivity contribution in [3.8, 4) is 0 Å². The second-order valence-electron chi connectivity index (χ2n) is 5.55. The van der Waals surface area contributed by atoms with Gasteiger partial charge in [0.1, 0.15) is 0 Å². The van der Waals surface area contributed by atoms with Gasteiger partial charge in [-0.25, -0.2) is 0 Å². The highest BCUT2D eigenvalue weighted by Gasteiger charge is 2.18. The Labute approximate surface area is 135 Å². The van der Waals surface area contributed by atoms with Crippen molar-refractivity contribution in [2.24, 2.45) is 13.0 Å². The largest absolute Gasteiger partial charge is 0.481 e. The van der Waals surface area contributed by atoms with Crippen LogP contribution < -0.4 is 5.32 Å². The van der Waals surface area contributed by atoms with E-state index in [-0.39, 0.29) is 12.5 Å². The molecular weight excluding hydrogens is 294 g/mol. The van der Waals surface area contributed by atoms with E-state index in [2.05, 4.69) is 10.4 Å². The first-order valence-corrected chi connectivity index (χ1v) is 7.55. The van der Waals surface area contributed by atoms with Crippen molar-refractivity contribution < 1.29 is 14.7 Å². The summed E-state index contributed by atoms with van der Waals surface area (Å²) in [6.45, 7) is 0.135. The molecule has 1 aromatic heterocycles. The van der Waals surface area contributed by atoms with Crippen LogP contribution in [0.25, 0.3) is 0 Å². The maximum absolute atomic E-state index is 11.9. The molecule has 0 bridgehead atoms. The molecule has 122 valence electrons. The summed E-state index contributed by atoms with van der Waals surface area (Å²) in [5.41, 5.74) is 1.94. The fourth-order valence-corrected chi connectivity index (χ4v) is 2.33. The monoisotopic (exact) mass is 315 g/mol. The van der Waals surface area contributed by atoms with Gasteiger partial charge in [0.05, 0.1) is 12.1 Å². The van der Waals surface area contributed by atoms with E-state index in [1.165, 1.54) is 0 Å². The zero-order chi connectivity index (χ0) is 16.7. The highest BCUT2D eigenvalue weighted by molar-refractivity contribution is 5.77. The van der Waals surface area contributed by atoms with Gasteiger partial charge in [-0.3, -0.25) is 14.3 Å². The zero-order valence-corrected chi connectivity index (χ0v) is 13.1.